The number of carbonyl (C=O) groups excluding carboxylic acids is 1. The Morgan fingerprint density at radius 3 is 2.90 bits per heavy atom. The molecule has 2 aromatic rings. The Morgan fingerprint density at radius 1 is 1.35 bits per heavy atom. The third-order valence-corrected chi connectivity index (χ3v) is 3.00. The molecule has 0 spiro atoms. The van der Waals surface area contributed by atoms with Crippen molar-refractivity contribution < 1.29 is 9.21 Å². The van der Waals surface area contributed by atoms with Gasteiger partial charge in [-0.1, -0.05) is 23.7 Å². The molecule has 0 aliphatic carbocycles. The highest BCUT2D eigenvalue weighted by Crippen LogP contribution is 2.10. The van der Waals surface area contributed by atoms with E-state index < -0.39 is 0 Å². The fourth-order valence-electron chi connectivity index (χ4n) is 1.78. The quantitative estimate of drug-likeness (QED) is 0.854. The number of carbonyl (C=O) groups is 1. The Labute approximate surface area is 123 Å². The topological polar surface area (TPSA) is 42.2 Å². The number of rotatable bonds is 5. The Balaban J connectivity index is 1.76. The number of aryl methyl sites for hydroxylation is 1. The van der Waals surface area contributed by atoms with Crippen molar-refractivity contribution in [2.24, 2.45) is 0 Å². The van der Waals surface area contributed by atoms with Crippen LogP contribution in [0.5, 0.6) is 0 Å². The molecule has 0 radical (unpaired) electrons. The van der Waals surface area contributed by atoms with Crippen LogP contribution < -0.4 is 5.32 Å². The predicted octanol–water partition coefficient (Wildman–Crippen LogP) is 3.61. The number of furan rings is 1. The summed E-state index contributed by atoms with van der Waals surface area (Å²) in [6, 6.07) is 11.3. The van der Waals surface area contributed by atoms with Gasteiger partial charge in [-0.05, 0) is 49.2 Å². The molecule has 4 heteroatoms. The van der Waals surface area contributed by atoms with E-state index in [-0.39, 0.29) is 5.91 Å². The molecular weight excluding hydrogens is 274 g/mol. The number of hydrogen-bond acceptors (Lipinski definition) is 2. The second kappa shape index (κ2) is 6.96. The molecule has 1 aromatic carbocycles. The molecule has 104 valence electrons. The van der Waals surface area contributed by atoms with Crippen LogP contribution in [0.3, 0.4) is 0 Å². The van der Waals surface area contributed by atoms with Gasteiger partial charge < -0.3 is 9.73 Å². The molecule has 0 atom stereocenters. The van der Waals surface area contributed by atoms with Crippen LogP contribution >= 0.6 is 11.6 Å². The lowest BCUT2D eigenvalue weighted by Crippen LogP contribution is -2.23. The zero-order chi connectivity index (χ0) is 14.4. The minimum Gasteiger partial charge on any atom is -0.462 e. The highest BCUT2D eigenvalue weighted by Gasteiger charge is 1.98. The van der Waals surface area contributed by atoms with Crippen LogP contribution in [-0.4, -0.2) is 12.5 Å². The zero-order valence-corrected chi connectivity index (χ0v) is 12.0. The summed E-state index contributed by atoms with van der Waals surface area (Å²) < 4.78 is 5.34. The smallest absolute Gasteiger partial charge is 0.244 e. The van der Waals surface area contributed by atoms with Crippen molar-refractivity contribution in [3.63, 3.8) is 0 Å². The van der Waals surface area contributed by atoms with Crippen molar-refractivity contribution in [1.29, 1.82) is 0 Å². The molecule has 0 saturated heterocycles. The summed E-state index contributed by atoms with van der Waals surface area (Å²) in [6.07, 6.45) is 3.87. The van der Waals surface area contributed by atoms with Crippen molar-refractivity contribution in [3.8, 4) is 0 Å². The van der Waals surface area contributed by atoms with Gasteiger partial charge in [-0.3, -0.25) is 4.79 Å². The van der Waals surface area contributed by atoms with Crippen LogP contribution in [0.4, 0.5) is 0 Å². The third kappa shape index (κ3) is 4.59. The first kappa shape index (κ1) is 14.4. The predicted molar refractivity (Wildman–Crippen MR) is 80.6 cm³/mol. The maximum Gasteiger partial charge on any atom is 0.244 e. The number of benzene rings is 1. The summed E-state index contributed by atoms with van der Waals surface area (Å²) in [5, 5.41) is 3.53. The van der Waals surface area contributed by atoms with E-state index in [4.69, 9.17) is 16.0 Å². The summed E-state index contributed by atoms with van der Waals surface area (Å²) in [7, 11) is 0. The van der Waals surface area contributed by atoms with E-state index in [0.717, 1.165) is 17.7 Å². The van der Waals surface area contributed by atoms with Gasteiger partial charge in [-0.25, -0.2) is 0 Å². The third-order valence-electron chi connectivity index (χ3n) is 2.76. The van der Waals surface area contributed by atoms with Gasteiger partial charge in [0.1, 0.15) is 11.5 Å². The van der Waals surface area contributed by atoms with Gasteiger partial charge in [-0.15, -0.1) is 0 Å². The van der Waals surface area contributed by atoms with E-state index in [9.17, 15) is 4.79 Å². The molecule has 1 aromatic heterocycles. The largest absolute Gasteiger partial charge is 0.462 e. The lowest BCUT2D eigenvalue weighted by Gasteiger charge is -2.03. The fourth-order valence-corrected chi connectivity index (χ4v) is 2.00. The molecule has 0 saturated carbocycles. The molecule has 1 heterocycles. The standard InChI is InChI=1S/C16H16ClNO2/c1-12-5-6-15(20-12)7-8-16(19)18-10-9-13-3-2-4-14(17)11-13/h2-8,11H,9-10H2,1H3,(H,18,19). The minimum atomic E-state index is -0.138. The van der Waals surface area contributed by atoms with E-state index in [2.05, 4.69) is 5.32 Å². The molecule has 1 amide bonds. The number of halogens is 1. The second-order valence-electron chi connectivity index (χ2n) is 4.45. The van der Waals surface area contributed by atoms with Gasteiger partial charge in [-0.2, -0.15) is 0 Å². The van der Waals surface area contributed by atoms with Crippen molar-refractivity contribution >= 4 is 23.6 Å². The van der Waals surface area contributed by atoms with Gasteiger partial charge in [0.25, 0.3) is 0 Å². The van der Waals surface area contributed by atoms with E-state index in [1.165, 1.54) is 6.08 Å². The van der Waals surface area contributed by atoms with Crippen molar-refractivity contribution in [2.45, 2.75) is 13.3 Å². The van der Waals surface area contributed by atoms with E-state index in [1.807, 2.05) is 43.3 Å². The summed E-state index contributed by atoms with van der Waals surface area (Å²) >= 11 is 5.90. The lowest BCUT2D eigenvalue weighted by molar-refractivity contribution is -0.116. The summed E-state index contributed by atoms with van der Waals surface area (Å²) in [5.41, 5.74) is 1.10. The maximum atomic E-state index is 11.6. The van der Waals surface area contributed by atoms with Gasteiger partial charge in [0.2, 0.25) is 5.91 Å². The van der Waals surface area contributed by atoms with Crippen molar-refractivity contribution in [2.75, 3.05) is 6.54 Å². The molecule has 0 aliphatic heterocycles. The second-order valence-corrected chi connectivity index (χ2v) is 4.89. The van der Waals surface area contributed by atoms with Crippen molar-refractivity contribution in [3.05, 3.63) is 64.6 Å². The first-order valence-electron chi connectivity index (χ1n) is 6.40. The summed E-state index contributed by atoms with van der Waals surface area (Å²) in [5.74, 6) is 1.36. The Bertz CT molecular complexity index is 616. The average molecular weight is 290 g/mol. The van der Waals surface area contributed by atoms with Crippen LogP contribution in [0.1, 0.15) is 17.1 Å². The zero-order valence-electron chi connectivity index (χ0n) is 11.2. The van der Waals surface area contributed by atoms with E-state index >= 15 is 0 Å². The van der Waals surface area contributed by atoms with Gasteiger partial charge >= 0.3 is 0 Å². The monoisotopic (exact) mass is 289 g/mol. The van der Waals surface area contributed by atoms with Gasteiger partial charge in [0.15, 0.2) is 0 Å². The highest BCUT2D eigenvalue weighted by molar-refractivity contribution is 6.30. The molecule has 20 heavy (non-hydrogen) atoms. The summed E-state index contributed by atoms with van der Waals surface area (Å²) in [4.78, 5) is 11.6. The molecule has 0 aliphatic rings. The number of hydrogen-bond donors (Lipinski definition) is 1. The van der Waals surface area contributed by atoms with E-state index in [0.29, 0.717) is 17.3 Å². The Hall–Kier alpha value is -2.00. The first-order valence-corrected chi connectivity index (χ1v) is 6.78. The molecule has 0 fully saturated rings. The molecule has 0 unspecified atom stereocenters. The van der Waals surface area contributed by atoms with E-state index in [1.54, 1.807) is 6.08 Å². The lowest BCUT2D eigenvalue weighted by atomic mass is 10.1. The van der Waals surface area contributed by atoms with Crippen LogP contribution in [0.25, 0.3) is 6.08 Å². The Kier molecular flexibility index (Phi) is 5.02. The average Bonchev–Trinajstić information content (AvgIpc) is 2.82. The highest BCUT2D eigenvalue weighted by atomic mass is 35.5. The molecule has 3 nitrogen and oxygen atoms in total. The number of nitrogens with one attached hydrogen (secondary N) is 1. The maximum absolute atomic E-state index is 11.6. The normalized spacial score (nSPS) is 10.9. The van der Waals surface area contributed by atoms with Crippen LogP contribution in [0, 0.1) is 6.92 Å². The fraction of sp³-hybridized carbons (Fsp3) is 0.188. The summed E-state index contributed by atoms with van der Waals surface area (Å²) in [6.45, 7) is 2.43. The van der Waals surface area contributed by atoms with Crippen LogP contribution in [0.2, 0.25) is 5.02 Å². The molecule has 1 N–H and O–H groups in total. The van der Waals surface area contributed by atoms with Gasteiger partial charge in [0, 0.05) is 17.6 Å². The molecule has 0 bridgehead atoms. The van der Waals surface area contributed by atoms with Crippen molar-refractivity contribution in [1.82, 2.24) is 5.32 Å². The van der Waals surface area contributed by atoms with Crippen LogP contribution in [-0.2, 0) is 11.2 Å². The first-order chi connectivity index (χ1) is 9.63. The van der Waals surface area contributed by atoms with Crippen LogP contribution in [0.15, 0.2) is 46.9 Å². The minimum absolute atomic E-state index is 0.138. The number of amides is 1. The Morgan fingerprint density at radius 2 is 2.20 bits per heavy atom. The molecular formula is C16H16ClNO2. The van der Waals surface area contributed by atoms with Gasteiger partial charge in [0.05, 0.1) is 0 Å². The SMILES string of the molecule is Cc1ccc(C=CC(=O)NCCc2cccc(Cl)c2)o1. The molecule has 2 rings (SSSR count).